The van der Waals surface area contributed by atoms with Crippen LogP contribution in [0.4, 0.5) is 0 Å². The van der Waals surface area contributed by atoms with Gasteiger partial charge in [0, 0.05) is 23.2 Å². The van der Waals surface area contributed by atoms with E-state index in [0.29, 0.717) is 0 Å². The summed E-state index contributed by atoms with van der Waals surface area (Å²) in [6.07, 6.45) is 3.81. The maximum Gasteiger partial charge on any atom is 0.192 e. The first-order valence-corrected chi connectivity index (χ1v) is 13.5. The Morgan fingerprint density at radius 2 is 1.78 bits per heavy atom. The lowest BCUT2D eigenvalue weighted by Crippen LogP contribution is -2.56. The van der Waals surface area contributed by atoms with Crippen molar-refractivity contribution < 1.29 is 9.53 Å². The highest BCUT2D eigenvalue weighted by Crippen LogP contribution is 2.44. The Bertz CT molecular complexity index is 624. The molecule has 0 bridgehead atoms. The van der Waals surface area contributed by atoms with Crippen LogP contribution in [0.15, 0.2) is 24.3 Å². The fourth-order valence-corrected chi connectivity index (χ4v) is 5.88. The van der Waals surface area contributed by atoms with Gasteiger partial charge in [0.05, 0.1) is 5.60 Å². The summed E-state index contributed by atoms with van der Waals surface area (Å²) in [5, 5.41) is 14.3. The van der Waals surface area contributed by atoms with Gasteiger partial charge in [-0.3, -0.25) is 0 Å². The lowest BCUT2D eigenvalue weighted by atomic mass is 9.84. The van der Waals surface area contributed by atoms with Crippen LogP contribution < -0.4 is 5.32 Å². The number of hydrogen-bond donors (Lipinski definition) is 2. The Hall–Kier alpha value is -0.393. The molecule has 0 aliphatic carbocycles. The van der Waals surface area contributed by atoms with E-state index in [-0.39, 0.29) is 28.8 Å². The molecule has 27 heavy (non-hydrogen) atoms. The van der Waals surface area contributed by atoms with Gasteiger partial charge in [-0.1, -0.05) is 44.5 Å². The van der Waals surface area contributed by atoms with E-state index in [2.05, 4.69) is 65.2 Å². The average Bonchev–Trinajstić information content (AvgIpc) is 2.98. The normalized spacial score (nSPS) is 24.4. The number of benzene rings is 1. The van der Waals surface area contributed by atoms with E-state index in [1.54, 1.807) is 0 Å². The highest BCUT2D eigenvalue weighted by atomic mass is 35.5. The molecule has 1 aliphatic rings. The van der Waals surface area contributed by atoms with Gasteiger partial charge in [0.1, 0.15) is 0 Å². The minimum Gasteiger partial charge on any atom is -0.410 e. The lowest BCUT2D eigenvalue weighted by Gasteiger charge is -2.46. The summed E-state index contributed by atoms with van der Waals surface area (Å²) >= 11 is 6.11. The Labute approximate surface area is 172 Å². The Morgan fingerprint density at radius 3 is 2.30 bits per heavy atom. The van der Waals surface area contributed by atoms with E-state index in [0.717, 1.165) is 30.7 Å². The van der Waals surface area contributed by atoms with Crippen LogP contribution in [0.25, 0.3) is 0 Å². The molecule has 1 fully saturated rings. The summed E-state index contributed by atoms with van der Waals surface area (Å²) in [5.41, 5.74) is 0.897. The predicted molar refractivity (Wildman–Crippen MR) is 118 cm³/mol. The highest BCUT2D eigenvalue weighted by Gasteiger charge is 2.49. The van der Waals surface area contributed by atoms with Crippen molar-refractivity contribution in [2.45, 2.75) is 95.6 Å². The molecular weight excluding hydrogens is 374 g/mol. The van der Waals surface area contributed by atoms with Crippen molar-refractivity contribution in [3.63, 3.8) is 0 Å². The molecule has 0 radical (unpaired) electrons. The van der Waals surface area contributed by atoms with Crippen molar-refractivity contribution in [3.8, 4) is 0 Å². The third-order valence-electron chi connectivity index (χ3n) is 6.63. The smallest absolute Gasteiger partial charge is 0.192 e. The van der Waals surface area contributed by atoms with Gasteiger partial charge in [-0.2, -0.15) is 0 Å². The SMILES string of the molecule is CC(C)(O[Si](C)(C)C(C)(C)C)[C@H]1CC[C@@](CCCO)(c2ccc(Cl)cc2)N1. The molecular formula is C22H38ClNO2Si. The molecule has 0 unspecified atom stereocenters. The van der Waals surface area contributed by atoms with Crippen LogP contribution in [0, 0.1) is 0 Å². The van der Waals surface area contributed by atoms with Crippen molar-refractivity contribution in [2.24, 2.45) is 0 Å². The zero-order chi connectivity index (χ0) is 20.5. The first-order valence-electron chi connectivity index (χ1n) is 10.2. The van der Waals surface area contributed by atoms with Crippen molar-refractivity contribution in [1.29, 1.82) is 0 Å². The van der Waals surface area contributed by atoms with Gasteiger partial charge in [0.2, 0.25) is 0 Å². The highest BCUT2D eigenvalue weighted by molar-refractivity contribution is 6.74. The van der Waals surface area contributed by atoms with E-state index in [4.69, 9.17) is 16.0 Å². The summed E-state index contributed by atoms with van der Waals surface area (Å²) in [5.74, 6) is 0. The molecule has 2 atom stereocenters. The van der Waals surface area contributed by atoms with E-state index >= 15 is 0 Å². The molecule has 2 rings (SSSR count). The molecule has 1 saturated heterocycles. The number of halogens is 1. The fourth-order valence-electron chi connectivity index (χ4n) is 3.99. The van der Waals surface area contributed by atoms with Gasteiger partial charge in [-0.05, 0) is 75.4 Å². The predicted octanol–water partition coefficient (Wildman–Crippen LogP) is 5.86. The summed E-state index contributed by atoms with van der Waals surface area (Å²) in [6, 6.07) is 8.45. The molecule has 0 spiro atoms. The van der Waals surface area contributed by atoms with E-state index in [9.17, 15) is 5.11 Å². The van der Waals surface area contributed by atoms with Crippen LogP contribution in [0.1, 0.15) is 65.9 Å². The monoisotopic (exact) mass is 411 g/mol. The molecule has 1 aliphatic heterocycles. The first kappa shape index (κ1) is 22.9. The van der Waals surface area contributed by atoms with Crippen LogP contribution in [0.5, 0.6) is 0 Å². The van der Waals surface area contributed by atoms with Crippen LogP contribution in [0.2, 0.25) is 23.2 Å². The van der Waals surface area contributed by atoms with Crippen LogP contribution >= 0.6 is 11.6 Å². The number of hydrogen-bond acceptors (Lipinski definition) is 3. The summed E-state index contributed by atoms with van der Waals surface area (Å²) in [6.45, 7) is 16.2. The molecule has 1 aromatic rings. The molecule has 0 amide bonds. The second-order valence-corrected chi connectivity index (χ2v) is 15.3. The zero-order valence-corrected chi connectivity index (χ0v) is 19.9. The van der Waals surface area contributed by atoms with Gasteiger partial charge in [0.15, 0.2) is 8.32 Å². The molecule has 1 heterocycles. The largest absolute Gasteiger partial charge is 0.410 e. The lowest BCUT2D eigenvalue weighted by molar-refractivity contribution is 0.0502. The van der Waals surface area contributed by atoms with E-state index in [1.165, 1.54) is 5.56 Å². The molecule has 2 N–H and O–H groups in total. The standard InChI is InChI=1S/C22H38ClNO2Si/c1-20(2,3)27(6,7)26-21(4,5)19-13-15-22(24-19,14-8-16-25)17-9-11-18(23)12-10-17/h9-12,19,24-25H,8,13-16H2,1-7H3/t19-,22+/m1/s1. The Balaban J connectivity index is 2.25. The van der Waals surface area contributed by atoms with Crippen molar-refractivity contribution in [1.82, 2.24) is 5.32 Å². The maximum atomic E-state index is 9.43. The summed E-state index contributed by atoms with van der Waals surface area (Å²) < 4.78 is 6.83. The number of aliphatic hydroxyl groups excluding tert-OH is 1. The van der Waals surface area contributed by atoms with Crippen molar-refractivity contribution >= 4 is 19.9 Å². The molecule has 0 aromatic heterocycles. The Morgan fingerprint density at radius 1 is 1.19 bits per heavy atom. The van der Waals surface area contributed by atoms with Crippen LogP contribution in [-0.2, 0) is 9.96 Å². The van der Waals surface area contributed by atoms with Crippen LogP contribution in [-0.4, -0.2) is 31.7 Å². The molecule has 154 valence electrons. The fraction of sp³-hybridized carbons (Fsp3) is 0.727. The van der Waals surface area contributed by atoms with Crippen molar-refractivity contribution in [3.05, 3.63) is 34.9 Å². The number of aliphatic hydroxyl groups is 1. The van der Waals surface area contributed by atoms with Crippen LogP contribution in [0.3, 0.4) is 0 Å². The minimum absolute atomic E-state index is 0.119. The summed E-state index contributed by atoms with van der Waals surface area (Å²) in [4.78, 5) is 0. The van der Waals surface area contributed by atoms with Gasteiger partial charge in [-0.25, -0.2) is 0 Å². The molecule has 1 aromatic carbocycles. The third-order valence-corrected chi connectivity index (χ3v) is 11.5. The van der Waals surface area contributed by atoms with Crippen molar-refractivity contribution in [2.75, 3.05) is 6.61 Å². The summed E-state index contributed by atoms with van der Waals surface area (Å²) in [7, 11) is -1.86. The topological polar surface area (TPSA) is 41.5 Å². The second kappa shape index (κ2) is 8.15. The first-order chi connectivity index (χ1) is 12.3. The van der Waals surface area contributed by atoms with Gasteiger partial charge < -0.3 is 14.8 Å². The average molecular weight is 412 g/mol. The zero-order valence-electron chi connectivity index (χ0n) is 18.2. The molecule has 0 saturated carbocycles. The van der Waals surface area contributed by atoms with Gasteiger partial charge in [-0.15, -0.1) is 0 Å². The third kappa shape index (κ3) is 5.16. The van der Waals surface area contributed by atoms with E-state index < -0.39 is 8.32 Å². The quantitative estimate of drug-likeness (QED) is 0.552. The molecule has 3 nitrogen and oxygen atoms in total. The molecule has 5 heteroatoms. The number of nitrogens with one attached hydrogen (secondary N) is 1. The second-order valence-electron chi connectivity index (χ2n) is 10.1. The maximum absolute atomic E-state index is 9.43. The van der Waals surface area contributed by atoms with Gasteiger partial charge >= 0.3 is 0 Å². The minimum atomic E-state index is -1.86. The Kier molecular flexibility index (Phi) is 6.91. The number of rotatable bonds is 7. The van der Waals surface area contributed by atoms with E-state index in [1.807, 2.05) is 12.1 Å². The van der Waals surface area contributed by atoms with Gasteiger partial charge in [0.25, 0.3) is 0 Å².